The van der Waals surface area contributed by atoms with E-state index >= 15 is 0 Å². The summed E-state index contributed by atoms with van der Waals surface area (Å²) in [6.45, 7) is 16.4. The van der Waals surface area contributed by atoms with Crippen LogP contribution in [0, 0.1) is 45.3 Å². The molecule has 3 nitrogen and oxygen atoms in total. The highest BCUT2D eigenvalue weighted by Crippen LogP contribution is 2.73. The maximum absolute atomic E-state index is 13.0. The summed E-state index contributed by atoms with van der Waals surface area (Å²) in [6.07, 6.45) is 14.4. The van der Waals surface area contributed by atoms with Gasteiger partial charge in [-0.1, -0.05) is 57.9 Å². The molecule has 0 bridgehead atoms. The van der Waals surface area contributed by atoms with E-state index in [1.165, 1.54) is 24.8 Å². The third kappa shape index (κ3) is 3.66. The molecule has 0 amide bonds. The van der Waals surface area contributed by atoms with Gasteiger partial charge in [0.2, 0.25) is 0 Å². The van der Waals surface area contributed by atoms with Gasteiger partial charge < -0.3 is 9.84 Å². The number of fused-ring (bicyclic) bond motifs is 5. The van der Waals surface area contributed by atoms with Crippen LogP contribution in [0.3, 0.4) is 0 Å². The van der Waals surface area contributed by atoms with E-state index in [1.807, 2.05) is 0 Å². The molecule has 0 aliphatic heterocycles. The van der Waals surface area contributed by atoms with Gasteiger partial charge in [-0.05, 0) is 111 Å². The van der Waals surface area contributed by atoms with Crippen molar-refractivity contribution in [3.8, 4) is 0 Å². The Morgan fingerprint density at radius 3 is 2.44 bits per heavy atom. The number of carbonyl (C=O) groups excluding carboxylic acids is 1. The standard InChI is InChI=1S/C31H50O3/c1-20(2)10-9-11-21(27(33)34-8)22-14-18-31(7)24-12-13-25-28(3,4)26(32)16-17-29(25,5)23(24)15-19-30(22,31)6/h10,15,21-22,24-26,32H,9,11-14,16-19H2,1-8H3/t21-,22-,24-,25+,26+,29-,30-,31+/m1/s1. The van der Waals surface area contributed by atoms with Crippen LogP contribution in [0.1, 0.15) is 106 Å². The third-order valence-electron chi connectivity index (χ3n) is 11.9. The molecule has 192 valence electrons. The zero-order valence-electron chi connectivity index (χ0n) is 23.2. The quantitative estimate of drug-likeness (QED) is 0.334. The van der Waals surface area contributed by atoms with Crippen molar-refractivity contribution in [3.63, 3.8) is 0 Å². The van der Waals surface area contributed by atoms with Crippen LogP contribution in [-0.4, -0.2) is 24.3 Å². The molecule has 3 heteroatoms. The Balaban J connectivity index is 1.68. The Morgan fingerprint density at radius 1 is 1.09 bits per heavy atom. The first kappa shape index (κ1) is 26.0. The first-order valence-electron chi connectivity index (χ1n) is 13.9. The number of rotatable bonds is 5. The molecule has 3 saturated carbocycles. The van der Waals surface area contributed by atoms with E-state index in [0.29, 0.717) is 17.8 Å². The number of hydrogen-bond donors (Lipinski definition) is 1. The van der Waals surface area contributed by atoms with Crippen molar-refractivity contribution in [2.45, 2.75) is 112 Å². The molecular formula is C31H50O3. The van der Waals surface area contributed by atoms with Crippen molar-refractivity contribution in [1.29, 1.82) is 0 Å². The van der Waals surface area contributed by atoms with E-state index in [1.54, 1.807) is 12.7 Å². The lowest BCUT2D eigenvalue weighted by molar-refractivity contribution is -0.152. The number of ether oxygens (including phenoxy) is 1. The fourth-order valence-corrected chi connectivity index (χ4v) is 9.59. The largest absolute Gasteiger partial charge is 0.469 e. The van der Waals surface area contributed by atoms with Crippen molar-refractivity contribution in [3.05, 3.63) is 23.3 Å². The molecule has 0 aromatic rings. The van der Waals surface area contributed by atoms with E-state index in [4.69, 9.17) is 4.74 Å². The first-order chi connectivity index (χ1) is 15.8. The molecule has 0 unspecified atom stereocenters. The van der Waals surface area contributed by atoms with E-state index in [0.717, 1.165) is 38.5 Å². The van der Waals surface area contributed by atoms with Crippen LogP contribution < -0.4 is 0 Å². The Kier molecular flexibility index (Phi) is 6.71. The van der Waals surface area contributed by atoms with Crippen LogP contribution in [0.2, 0.25) is 0 Å². The number of allylic oxidation sites excluding steroid dienone is 4. The number of carbonyl (C=O) groups is 1. The minimum absolute atomic E-state index is 0.00825. The van der Waals surface area contributed by atoms with Crippen molar-refractivity contribution >= 4 is 5.97 Å². The van der Waals surface area contributed by atoms with E-state index in [9.17, 15) is 9.90 Å². The van der Waals surface area contributed by atoms with Gasteiger partial charge in [-0.25, -0.2) is 0 Å². The summed E-state index contributed by atoms with van der Waals surface area (Å²) in [4.78, 5) is 13.0. The van der Waals surface area contributed by atoms with E-state index < -0.39 is 0 Å². The number of esters is 1. The summed E-state index contributed by atoms with van der Waals surface area (Å²) >= 11 is 0. The topological polar surface area (TPSA) is 46.5 Å². The van der Waals surface area contributed by atoms with Crippen LogP contribution in [0.25, 0.3) is 0 Å². The number of aliphatic hydroxyl groups excluding tert-OH is 1. The summed E-state index contributed by atoms with van der Waals surface area (Å²) < 4.78 is 5.37. The molecule has 0 aromatic heterocycles. The van der Waals surface area contributed by atoms with Crippen LogP contribution in [0.15, 0.2) is 23.3 Å². The average Bonchev–Trinajstić information content (AvgIpc) is 3.05. The Morgan fingerprint density at radius 2 is 1.79 bits per heavy atom. The zero-order valence-corrected chi connectivity index (χ0v) is 23.2. The number of methoxy groups -OCH3 is 1. The minimum atomic E-state index is -0.190. The number of aliphatic hydroxyl groups is 1. The Labute approximate surface area is 208 Å². The third-order valence-corrected chi connectivity index (χ3v) is 11.9. The predicted molar refractivity (Wildman–Crippen MR) is 139 cm³/mol. The molecule has 34 heavy (non-hydrogen) atoms. The van der Waals surface area contributed by atoms with Gasteiger partial charge in [-0.15, -0.1) is 0 Å². The second-order valence-electron chi connectivity index (χ2n) is 13.8. The molecule has 1 N–H and O–H groups in total. The molecule has 4 aliphatic rings. The first-order valence-corrected chi connectivity index (χ1v) is 13.9. The lowest BCUT2D eigenvalue weighted by Gasteiger charge is -2.64. The van der Waals surface area contributed by atoms with Gasteiger partial charge in [-0.2, -0.15) is 0 Å². The highest BCUT2D eigenvalue weighted by molar-refractivity contribution is 5.73. The lowest BCUT2D eigenvalue weighted by atomic mass is 9.41. The van der Waals surface area contributed by atoms with Crippen molar-refractivity contribution < 1.29 is 14.6 Å². The second-order valence-corrected chi connectivity index (χ2v) is 13.8. The molecule has 4 rings (SSSR count). The maximum atomic E-state index is 13.0. The zero-order chi connectivity index (χ0) is 25.1. The van der Waals surface area contributed by atoms with Gasteiger partial charge in [0.15, 0.2) is 0 Å². The molecule has 0 heterocycles. The second kappa shape index (κ2) is 8.79. The SMILES string of the molecule is COC(=O)[C@H](CCC=C(C)C)[C@H]1CC[C@@]2(C)[C@@H]3CC[C@H]4C(C)(C)[C@@H](O)CC[C@]4(C)C3=CC[C@]12C. The fraction of sp³-hybridized carbons (Fsp3) is 0.839. The fourth-order valence-electron chi connectivity index (χ4n) is 9.59. The summed E-state index contributed by atoms with van der Waals surface area (Å²) in [5.41, 5.74) is 3.53. The molecule has 3 fully saturated rings. The smallest absolute Gasteiger partial charge is 0.308 e. The summed E-state index contributed by atoms with van der Waals surface area (Å²) in [7, 11) is 1.56. The van der Waals surface area contributed by atoms with Crippen LogP contribution >= 0.6 is 0 Å². The van der Waals surface area contributed by atoms with Crippen LogP contribution in [-0.2, 0) is 9.53 Å². The van der Waals surface area contributed by atoms with Crippen molar-refractivity contribution in [2.75, 3.05) is 7.11 Å². The van der Waals surface area contributed by atoms with Gasteiger partial charge in [-0.3, -0.25) is 4.79 Å². The van der Waals surface area contributed by atoms with Gasteiger partial charge >= 0.3 is 5.97 Å². The minimum Gasteiger partial charge on any atom is -0.469 e. The molecule has 0 radical (unpaired) electrons. The van der Waals surface area contributed by atoms with E-state index in [2.05, 4.69) is 60.6 Å². The summed E-state index contributed by atoms with van der Waals surface area (Å²) in [6, 6.07) is 0. The predicted octanol–water partition coefficient (Wildman–Crippen LogP) is 7.49. The highest BCUT2D eigenvalue weighted by Gasteiger charge is 2.66. The maximum Gasteiger partial charge on any atom is 0.308 e. The lowest BCUT2D eigenvalue weighted by Crippen LogP contribution is -2.57. The van der Waals surface area contributed by atoms with Crippen molar-refractivity contribution in [1.82, 2.24) is 0 Å². The van der Waals surface area contributed by atoms with Gasteiger partial charge in [0.1, 0.15) is 0 Å². The van der Waals surface area contributed by atoms with Crippen LogP contribution in [0.5, 0.6) is 0 Å². The summed E-state index contributed by atoms with van der Waals surface area (Å²) in [5, 5.41) is 10.8. The molecule has 8 atom stereocenters. The monoisotopic (exact) mass is 470 g/mol. The molecule has 0 spiro atoms. The molecule has 4 aliphatic carbocycles. The van der Waals surface area contributed by atoms with Crippen molar-refractivity contribution in [2.24, 2.45) is 45.3 Å². The van der Waals surface area contributed by atoms with Gasteiger partial charge in [0.25, 0.3) is 0 Å². The highest BCUT2D eigenvalue weighted by atomic mass is 16.5. The van der Waals surface area contributed by atoms with Gasteiger partial charge in [0, 0.05) is 0 Å². The summed E-state index contributed by atoms with van der Waals surface area (Å²) in [5.74, 6) is 1.50. The molecule has 0 aromatic carbocycles. The van der Waals surface area contributed by atoms with Crippen LogP contribution in [0.4, 0.5) is 0 Å². The van der Waals surface area contributed by atoms with Gasteiger partial charge in [0.05, 0.1) is 19.1 Å². The molecular weight excluding hydrogens is 420 g/mol. The normalized spacial score (nSPS) is 43.6. The number of hydrogen-bond acceptors (Lipinski definition) is 3. The molecule has 0 saturated heterocycles. The van der Waals surface area contributed by atoms with E-state index in [-0.39, 0.29) is 39.7 Å². The average molecular weight is 471 g/mol. The Bertz CT molecular complexity index is 864. The Hall–Kier alpha value is -1.09.